The first-order valence-corrected chi connectivity index (χ1v) is 11.5. The molecule has 0 unspecified atom stereocenters. The third kappa shape index (κ3) is 7.32. The average molecular weight is 452 g/mol. The third-order valence-electron chi connectivity index (χ3n) is 5.63. The third-order valence-corrected chi connectivity index (χ3v) is 5.63. The molecule has 1 aliphatic heterocycles. The molecule has 0 saturated carbocycles. The summed E-state index contributed by atoms with van der Waals surface area (Å²) >= 11 is 0. The molecule has 0 amide bonds. The van der Waals surface area contributed by atoms with Crippen molar-refractivity contribution in [1.82, 2.24) is 14.5 Å². The van der Waals surface area contributed by atoms with Crippen molar-refractivity contribution in [1.29, 1.82) is 0 Å². The van der Waals surface area contributed by atoms with Crippen molar-refractivity contribution < 1.29 is 19.3 Å². The molecular formula is C26H33N3O4. The molecule has 7 heteroatoms. The van der Waals surface area contributed by atoms with Gasteiger partial charge in [0.15, 0.2) is 0 Å². The van der Waals surface area contributed by atoms with Crippen LogP contribution in [0.3, 0.4) is 0 Å². The van der Waals surface area contributed by atoms with E-state index in [1.807, 2.05) is 60.4 Å². The lowest BCUT2D eigenvalue weighted by Crippen LogP contribution is -2.48. The van der Waals surface area contributed by atoms with Gasteiger partial charge in [-0.1, -0.05) is 24.3 Å². The van der Waals surface area contributed by atoms with Crippen molar-refractivity contribution in [3.05, 3.63) is 78.4 Å². The number of aryl methyl sites for hydroxylation is 2. The molecule has 1 atom stereocenters. The fourth-order valence-electron chi connectivity index (χ4n) is 3.99. The molecule has 176 valence electrons. The monoisotopic (exact) mass is 451 g/mol. The Morgan fingerprint density at radius 3 is 2.79 bits per heavy atom. The van der Waals surface area contributed by atoms with Crippen molar-refractivity contribution in [3.8, 4) is 11.5 Å². The second-order valence-corrected chi connectivity index (χ2v) is 8.74. The zero-order valence-electron chi connectivity index (χ0n) is 19.2. The number of β-amino-alcohol motifs (C(OH)–C–C–N with tert-alkyl or cyclic N) is 1. The second-order valence-electron chi connectivity index (χ2n) is 8.74. The standard InChI is InChI=1S/C26H33N3O4/c1-22-5-2-7-24(15-22)33-20-26(30)18-29(12-14-31-19-26)17-23-6-3-8-25(16-23)32-13-4-10-28-11-9-27-21-28/h2-3,5-9,11,15-16,21,30H,4,10,12-14,17-20H2,1H3/t26-/m0/s1. The number of aliphatic hydroxyl groups is 1. The predicted octanol–water partition coefficient (Wildman–Crippen LogP) is 3.30. The molecule has 1 aromatic heterocycles. The topological polar surface area (TPSA) is 69.0 Å². The van der Waals surface area contributed by atoms with E-state index in [0.29, 0.717) is 26.3 Å². The van der Waals surface area contributed by atoms with Crippen LogP contribution in [0.2, 0.25) is 0 Å². The molecule has 3 aromatic rings. The van der Waals surface area contributed by atoms with E-state index in [-0.39, 0.29) is 13.2 Å². The number of hydrogen-bond donors (Lipinski definition) is 1. The van der Waals surface area contributed by atoms with E-state index < -0.39 is 5.60 Å². The summed E-state index contributed by atoms with van der Waals surface area (Å²) in [6.45, 7) is 6.53. The number of aromatic nitrogens is 2. The van der Waals surface area contributed by atoms with Crippen LogP contribution in [-0.2, 0) is 17.8 Å². The normalized spacial score (nSPS) is 19.2. The minimum atomic E-state index is -1.07. The van der Waals surface area contributed by atoms with Crippen molar-refractivity contribution in [3.63, 3.8) is 0 Å². The summed E-state index contributed by atoms with van der Waals surface area (Å²) in [6, 6.07) is 16.0. The number of imidazole rings is 1. The van der Waals surface area contributed by atoms with Crippen LogP contribution in [-0.4, -0.2) is 64.7 Å². The van der Waals surface area contributed by atoms with Crippen LogP contribution in [0.15, 0.2) is 67.3 Å². The first-order chi connectivity index (χ1) is 16.1. The van der Waals surface area contributed by atoms with Crippen molar-refractivity contribution in [2.24, 2.45) is 0 Å². The van der Waals surface area contributed by atoms with E-state index in [4.69, 9.17) is 14.2 Å². The van der Waals surface area contributed by atoms with Gasteiger partial charge in [-0.25, -0.2) is 4.98 Å². The molecule has 0 bridgehead atoms. The summed E-state index contributed by atoms with van der Waals surface area (Å²) in [5.74, 6) is 1.62. The van der Waals surface area contributed by atoms with E-state index in [1.165, 1.54) is 0 Å². The molecule has 2 heterocycles. The van der Waals surface area contributed by atoms with Gasteiger partial charge in [0.25, 0.3) is 0 Å². The number of rotatable bonds is 10. The van der Waals surface area contributed by atoms with Gasteiger partial charge < -0.3 is 23.9 Å². The maximum atomic E-state index is 11.2. The lowest BCUT2D eigenvalue weighted by atomic mass is 10.1. The maximum absolute atomic E-state index is 11.2. The van der Waals surface area contributed by atoms with Crippen LogP contribution >= 0.6 is 0 Å². The Morgan fingerprint density at radius 2 is 1.97 bits per heavy atom. The molecule has 1 aliphatic rings. The molecular weight excluding hydrogens is 418 g/mol. The van der Waals surface area contributed by atoms with Crippen LogP contribution in [0.5, 0.6) is 11.5 Å². The van der Waals surface area contributed by atoms with Gasteiger partial charge in [-0.05, 0) is 48.7 Å². The summed E-state index contributed by atoms with van der Waals surface area (Å²) in [6.07, 6.45) is 6.48. The zero-order chi connectivity index (χ0) is 22.9. The van der Waals surface area contributed by atoms with Crippen LogP contribution in [0.25, 0.3) is 0 Å². The Hall–Kier alpha value is -2.87. The molecule has 1 fully saturated rings. The smallest absolute Gasteiger partial charge is 0.134 e. The molecule has 4 rings (SSSR count). The predicted molar refractivity (Wildman–Crippen MR) is 127 cm³/mol. The maximum Gasteiger partial charge on any atom is 0.134 e. The fourth-order valence-corrected chi connectivity index (χ4v) is 3.99. The number of nitrogens with zero attached hydrogens (tertiary/aromatic N) is 3. The van der Waals surface area contributed by atoms with Crippen LogP contribution in [0.4, 0.5) is 0 Å². The van der Waals surface area contributed by atoms with Gasteiger partial charge in [0.05, 0.1) is 26.1 Å². The van der Waals surface area contributed by atoms with E-state index in [0.717, 1.165) is 42.1 Å². The van der Waals surface area contributed by atoms with Crippen molar-refractivity contribution in [2.45, 2.75) is 32.0 Å². The Balaban J connectivity index is 1.29. The molecule has 0 aliphatic carbocycles. The molecule has 7 nitrogen and oxygen atoms in total. The Morgan fingerprint density at radius 1 is 1.12 bits per heavy atom. The highest BCUT2D eigenvalue weighted by Crippen LogP contribution is 2.20. The van der Waals surface area contributed by atoms with Gasteiger partial charge in [0.1, 0.15) is 23.7 Å². The number of ether oxygens (including phenoxy) is 3. The van der Waals surface area contributed by atoms with Crippen molar-refractivity contribution >= 4 is 0 Å². The zero-order valence-corrected chi connectivity index (χ0v) is 19.2. The lowest BCUT2D eigenvalue weighted by molar-refractivity contribution is -0.0646. The van der Waals surface area contributed by atoms with Gasteiger partial charge in [-0.2, -0.15) is 0 Å². The van der Waals surface area contributed by atoms with E-state index >= 15 is 0 Å². The van der Waals surface area contributed by atoms with Gasteiger partial charge in [-0.15, -0.1) is 0 Å². The lowest BCUT2D eigenvalue weighted by Gasteiger charge is -2.30. The van der Waals surface area contributed by atoms with Crippen LogP contribution < -0.4 is 9.47 Å². The first-order valence-electron chi connectivity index (χ1n) is 11.5. The van der Waals surface area contributed by atoms with Crippen LogP contribution in [0.1, 0.15) is 17.5 Å². The highest BCUT2D eigenvalue weighted by atomic mass is 16.5. The number of benzene rings is 2. The number of hydrogen-bond acceptors (Lipinski definition) is 6. The summed E-state index contributed by atoms with van der Waals surface area (Å²) in [4.78, 5) is 6.27. The second kappa shape index (κ2) is 11.3. The highest BCUT2D eigenvalue weighted by Gasteiger charge is 2.33. The Bertz CT molecular complexity index is 995. The van der Waals surface area contributed by atoms with Gasteiger partial charge in [-0.3, -0.25) is 4.90 Å². The fraction of sp³-hybridized carbons (Fsp3) is 0.423. The molecule has 2 aromatic carbocycles. The van der Waals surface area contributed by atoms with Gasteiger partial charge >= 0.3 is 0 Å². The molecule has 1 N–H and O–H groups in total. The SMILES string of the molecule is Cc1cccc(OC[C@@]2(O)COCCN(Cc3cccc(OCCCn4ccnc4)c3)C2)c1. The Labute approximate surface area is 195 Å². The quantitative estimate of drug-likeness (QED) is 0.477. The van der Waals surface area contributed by atoms with Gasteiger partial charge in [0.2, 0.25) is 0 Å². The first kappa shape index (κ1) is 23.3. The largest absolute Gasteiger partial charge is 0.494 e. The summed E-state index contributed by atoms with van der Waals surface area (Å²) in [5, 5.41) is 11.2. The van der Waals surface area contributed by atoms with Crippen molar-refractivity contribution in [2.75, 3.05) is 39.5 Å². The molecule has 0 radical (unpaired) electrons. The van der Waals surface area contributed by atoms with E-state index in [1.54, 1.807) is 6.20 Å². The van der Waals surface area contributed by atoms with Gasteiger partial charge in [0, 0.05) is 38.6 Å². The molecule has 33 heavy (non-hydrogen) atoms. The molecule has 1 saturated heterocycles. The minimum Gasteiger partial charge on any atom is -0.494 e. The average Bonchev–Trinajstić information content (AvgIpc) is 3.25. The molecule has 0 spiro atoms. The van der Waals surface area contributed by atoms with E-state index in [2.05, 4.69) is 22.0 Å². The summed E-state index contributed by atoms with van der Waals surface area (Å²) < 4.78 is 19.6. The summed E-state index contributed by atoms with van der Waals surface area (Å²) in [5.41, 5.74) is 1.20. The van der Waals surface area contributed by atoms with E-state index in [9.17, 15) is 5.11 Å². The summed E-state index contributed by atoms with van der Waals surface area (Å²) in [7, 11) is 0. The highest BCUT2D eigenvalue weighted by molar-refractivity contribution is 5.29. The van der Waals surface area contributed by atoms with Crippen LogP contribution in [0, 0.1) is 6.92 Å². The Kier molecular flexibility index (Phi) is 7.99. The minimum absolute atomic E-state index is 0.188.